The Balaban J connectivity index is 2.25. The number of rotatable bonds is 1. The first-order chi connectivity index (χ1) is 9.01. The van der Waals surface area contributed by atoms with Gasteiger partial charge in [0.1, 0.15) is 5.82 Å². The van der Waals surface area contributed by atoms with Gasteiger partial charge in [-0.05, 0) is 54.0 Å². The highest BCUT2D eigenvalue weighted by atomic mass is 79.9. The number of H-pyrrole nitrogens is 1. The molecule has 19 heavy (non-hydrogen) atoms. The lowest BCUT2D eigenvalue weighted by atomic mass is 9.83. The van der Waals surface area contributed by atoms with Crippen LogP contribution in [0.15, 0.2) is 16.6 Å². The molecule has 1 aromatic carbocycles. The van der Waals surface area contributed by atoms with Gasteiger partial charge in [-0.3, -0.25) is 0 Å². The van der Waals surface area contributed by atoms with Crippen molar-refractivity contribution in [2.45, 2.75) is 44.6 Å². The van der Waals surface area contributed by atoms with E-state index in [4.69, 9.17) is 12.2 Å². The molecule has 1 aliphatic carbocycles. The van der Waals surface area contributed by atoms with Gasteiger partial charge in [-0.25, -0.2) is 4.39 Å². The number of aromatic nitrogens is 2. The molecule has 0 radical (unpaired) electrons. The maximum Gasteiger partial charge on any atom is 0.178 e. The van der Waals surface area contributed by atoms with Crippen molar-refractivity contribution in [1.29, 1.82) is 0 Å². The third-order valence-corrected chi connectivity index (χ3v) is 5.09. The minimum absolute atomic E-state index is 0.00779. The summed E-state index contributed by atoms with van der Waals surface area (Å²) < 4.78 is 17.1. The standard InChI is InChI=1S/C14H16BrFN2S/c1-14(5-3-2-4-6-14)18-12-8-10(16)9(15)7-11(12)17-13(18)19/h7-8H,2-6H2,1H3,(H,17,19). The van der Waals surface area contributed by atoms with Crippen LogP contribution in [0.3, 0.4) is 0 Å². The molecule has 1 N–H and O–H groups in total. The van der Waals surface area contributed by atoms with Crippen LogP contribution in [-0.2, 0) is 5.54 Å². The second kappa shape index (κ2) is 4.70. The molecule has 1 saturated carbocycles. The predicted molar refractivity (Wildman–Crippen MR) is 81.5 cm³/mol. The zero-order valence-corrected chi connectivity index (χ0v) is 13.2. The molecule has 0 amide bonds. The molecule has 5 heteroatoms. The summed E-state index contributed by atoms with van der Waals surface area (Å²) >= 11 is 8.68. The molecule has 0 atom stereocenters. The average molecular weight is 343 g/mol. The monoisotopic (exact) mass is 342 g/mol. The molecule has 2 nitrogen and oxygen atoms in total. The zero-order valence-electron chi connectivity index (χ0n) is 10.8. The van der Waals surface area contributed by atoms with Crippen LogP contribution in [0.2, 0.25) is 0 Å². The number of benzene rings is 1. The number of hydrogen-bond donors (Lipinski definition) is 1. The summed E-state index contributed by atoms with van der Waals surface area (Å²) in [5, 5.41) is 0. The van der Waals surface area contributed by atoms with Gasteiger partial charge < -0.3 is 9.55 Å². The minimum Gasteiger partial charge on any atom is -0.331 e. The fourth-order valence-corrected chi connectivity index (χ4v) is 3.95. The Morgan fingerprint density at radius 2 is 2.00 bits per heavy atom. The summed E-state index contributed by atoms with van der Waals surface area (Å²) in [5.74, 6) is -0.241. The molecule has 3 rings (SSSR count). The van der Waals surface area contributed by atoms with Crippen molar-refractivity contribution >= 4 is 39.2 Å². The van der Waals surface area contributed by atoms with Crippen LogP contribution in [0.4, 0.5) is 4.39 Å². The lowest BCUT2D eigenvalue weighted by molar-refractivity contribution is 0.222. The normalized spacial score (nSPS) is 18.9. The van der Waals surface area contributed by atoms with Crippen LogP contribution < -0.4 is 0 Å². The highest BCUT2D eigenvalue weighted by Crippen LogP contribution is 2.37. The quantitative estimate of drug-likeness (QED) is 0.699. The number of aromatic amines is 1. The molecule has 0 spiro atoms. The molecule has 0 unspecified atom stereocenters. The molecule has 0 aliphatic heterocycles. The minimum atomic E-state index is -0.241. The Bertz CT molecular complexity index is 683. The topological polar surface area (TPSA) is 20.7 Å². The van der Waals surface area contributed by atoms with Crippen molar-refractivity contribution in [3.63, 3.8) is 0 Å². The van der Waals surface area contributed by atoms with Crippen LogP contribution in [0.25, 0.3) is 11.0 Å². The van der Waals surface area contributed by atoms with Crippen LogP contribution >= 0.6 is 28.1 Å². The van der Waals surface area contributed by atoms with Crippen LogP contribution in [0.1, 0.15) is 39.0 Å². The van der Waals surface area contributed by atoms with Gasteiger partial charge in [-0.1, -0.05) is 19.3 Å². The van der Waals surface area contributed by atoms with Crippen molar-refractivity contribution < 1.29 is 4.39 Å². The second-order valence-electron chi connectivity index (χ2n) is 5.61. The van der Waals surface area contributed by atoms with Gasteiger partial charge in [-0.2, -0.15) is 0 Å². The molecule has 1 fully saturated rings. The summed E-state index contributed by atoms with van der Waals surface area (Å²) in [6.07, 6.45) is 5.91. The van der Waals surface area contributed by atoms with Gasteiger partial charge in [0, 0.05) is 11.6 Å². The number of hydrogen-bond acceptors (Lipinski definition) is 1. The van der Waals surface area contributed by atoms with Crippen LogP contribution in [0.5, 0.6) is 0 Å². The smallest absolute Gasteiger partial charge is 0.178 e. The Morgan fingerprint density at radius 1 is 1.32 bits per heavy atom. The number of nitrogens with zero attached hydrogens (tertiary/aromatic N) is 1. The van der Waals surface area contributed by atoms with Crippen molar-refractivity contribution in [1.82, 2.24) is 9.55 Å². The molecule has 102 valence electrons. The lowest BCUT2D eigenvalue weighted by Crippen LogP contribution is -2.32. The van der Waals surface area contributed by atoms with E-state index in [9.17, 15) is 4.39 Å². The van der Waals surface area contributed by atoms with Crippen LogP contribution in [0, 0.1) is 10.6 Å². The summed E-state index contributed by atoms with van der Waals surface area (Å²) in [5.41, 5.74) is 1.77. The number of halogens is 2. The Labute approximate surface area is 125 Å². The largest absolute Gasteiger partial charge is 0.331 e. The summed E-state index contributed by atoms with van der Waals surface area (Å²) in [4.78, 5) is 3.20. The fourth-order valence-electron chi connectivity index (χ4n) is 3.17. The SMILES string of the molecule is CC1(n2c(=S)[nH]c3cc(Br)c(F)cc32)CCCCC1. The fraction of sp³-hybridized carbons (Fsp3) is 0.500. The molecule has 2 aromatic rings. The van der Waals surface area contributed by atoms with E-state index in [-0.39, 0.29) is 11.4 Å². The lowest BCUT2D eigenvalue weighted by Gasteiger charge is -2.35. The maximum atomic E-state index is 13.8. The third-order valence-electron chi connectivity index (χ3n) is 4.19. The van der Waals surface area contributed by atoms with Gasteiger partial charge in [0.15, 0.2) is 4.77 Å². The first-order valence-electron chi connectivity index (χ1n) is 6.61. The van der Waals surface area contributed by atoms with Gasteiger partial charge in [0.25, 0.3) is 0 Å². The Morgan fingerprint density at radius 3 is 2.68 bits per heavy atom. The number of imidazole rings is 1. The van der Waals surface area contributed by atoms with E-state index < -0.39 is 0 Å². The number of fused-ring (bicyclic) bond motifs is 1. The molecule has 0 bridgehead atoms. The van der Waals surface area contributed by atoms with E-state index in [1.807, 2.05) is 0 Å². The van der Waals surface area contributed by atoms with E-state index in [2.05, 4.69) is 32.4 Å². The van der Waals surface area contributed by atoms with Crippen molar-refractivity contribution in [2.75, 3.05) is 0 Å². The van der Waals surface area contributed by atoms with E-state index >= 15 is 0 Å². The summed E-state index contributed by atoms with van der Waals surface area (Å²) in [6, 6.07) is 3.34. The van der Waals surface area contributed by atoms with Gasteiger partial charge in [0.05, 0.1) is 15.5 Å². The molecule has 0 saturated heterocycles. The van der Waals surface area contributed by atoms with Gasteiger partial charge in [0.2, 0.25) is 0 Å². The molecule has 1 aromatic heterocycles. The van der Waals surface area contributed by atoms with E-state index in [0.29, 0.717) is 9.24 Å². The number of nitrogens with one attached hydrogen (secondary N) is 1. The zero-order chi connectivity index (χ0) is 13.6. The Kier molecular flexibility index (Phi) is 3.29. The third kappa shape index (κ3) is 2.17. The van der Waals surface area contributed by atoms with E-state index in [1.54, 1.807) is 12.1 Å². The first kappa shape index (κ1) is 13.3. The van der Waals surface area contributed by atoms with Crippen LogP contribution in [-0.4, -0.2) is 9.55 Å². The average Bonchev–Trinajstić information content (AvgIpc) is 2.67. The molecule has 1 heterocycles. The summed E-state index contributed by atoms with van der Waals surface area (Å²) in [7, 11) is 0. The highest BCUT2D eigenvalue weighted by molar-refractivity contribution is 9.10. The van der Waals surface area contributed by atoms with E-state index in [1.165, 1.54) is 19.3 Å². The van der Waals surface area contributed by atoms with Crippen molar-refractivity contribution in [3.8, 4) is 0 Å². The highest BCUT2D eigenvalue weighted by Gasteiger charge is 2.31. The molecular weight excluding hydrogens is 327 g/mol. The van der Waals surface area contributed by atoms with Crippen molar-refractivity contribution in [3.05, 3.63) is 27.2 Å². The molecular formula is C14H16BrFN2S. The summed E-state index contributed by atoms with van der Waals surface area (Å²) in [6.45, 7) is 2.23. The first-order valence-corrected chi connectivity index (χ1v) is 7.82. The van der Waals surface area contributed by atoms with Gasteiger partial charge >= 0.3 is 0 Å². The second-order valence-corrected chi connectivity index (χ2v) is 6.85. The predicted octanol–water partition coefficient (Wildman–Crippen LogP) is 5.28. The van der Waals surface area contributed by atoms with Crippen molar-refractivity contribution in [2.24, 2.45) is 0 Å². The van der Waals surface area contributed by atoms with E-state index in [0.717, 1.165) is 23.9 Å². The van der Waals surface area contributed by atoms with Gasteiger partial charge in [-0.15, -0.1) is 0 Å². The maximum absolute atomic E-state index is 13.8. The Hall–Kier alpha value is -0.680. The molecule has 1 aliphatic rings.